The Kier molecular flexibility index (Phi) is 9.96. The molecule has 2 N–H and O–H groups in total. The van der Waals surface area contributed by atoms with Crippen molar-refractivity contribution in [1.82, 2.24) is 5.32 Å². The Hall–Kier alpha value is -1.88. The number of hydrogen-bond acceptors (Lipinski definition) is 4. The van der Waals surface area contributed by atoms with Crippen LogP contribution in [0.4, 0.5) is 0 Å². The lowest BCUT2D eigenvalue weighted by Gasteiger charge is -2.18. The van der Waals surface area contributed by atoms with E-state index < -0.39 is 6.10 Å². The van der Waals surface area contributed by atoms with Crippen molar-refractivity contribution in [2.24, 2.45) is 0 Å². The zero-order chi connectivity index (χ0) is 18.1. The number of nitrogens with one attached hydrogen (secondary N) is 1. The van der Waals surface area contributed by atoms with Gasteiger partial charge >= 0.3 is 0 Å². The third-order valence-corrected chi connectivity index (χ3v) is 4.03. The van der Waals surface area contributed by atoms with Crippen LogP contribution >= 0.6 is 12.4 Å². The summed E-state index contributed by atoms with van der Waals surface area (Å²) in [5.74, 6) is 0.771. The van der Waals surface area contributed by atoms with Crippen molar-refractivity contribution >= 4 is 18.2 Å². The molecule has 0 aliphatic rings. The molecule has 2 aromatic rings. The van der Waals surface area contributed by atoms with E-state index in [-0.39, 0.29) is 30.8 Å². The maximum absolute atomic E-state index is 11.6. The first-order valence-corrected chi connectivity index (χ1v) is 8.80. The molecule has 0 aliphatic carbocycles. The van der Waals surface area contributed by atoms with Gasteiger partial charge in [-0.25, -0.2) is 0 Å². The number of aliphatic hydroxyl groups is 1. The van der Waals surface area contributed by atoms with Crippen LogP contribution in [0.15, 0.2) is 54.6 Å². The van der Waals surface area contributed by atoms with Gasteiger partial charge in [-0.05, 0) is 43.2 Å². The van der Waals surface area contributed by atoms with E-state index in [1.807, 2.05) is 25.1 Å². The number of Topliss-reactive ketones (excluding diaryl/α,β-unsaturated/α-hetero) is 1. The highest BCUT2D eigenvalue weighted by Crippen LogP contribution is 2.13. The van der Waals surface area contributed by atoms with Crippen LogP contribution in [0.25, 0.3) is 0 Å². The van der Waals surface area contributed by atoms with Crippen molar-refractivity contribution in [2.45, 2.75) is 38.8 Å². The monoisotopic (exact) mass is 377 g/mol. The first kappa shape index (κ1) is 22.2. The normalized spacial score (nSPS) is 12.7. The Morgan fingerprint density at radius 1 is 1.12 bits per heavy atom. The Labute approximate surface area is 162 Å². The quantitative estimate of drug-likeness (QED) is 0.620. The van der Waals surface area contributed by atoms with Crippen LogP contribution in [-0.4, -0.2) is 36.2 Å². The molecular formula is C21H28ClNO3. The summed E-state index contributed by atoms with van der Waals surface area (Å²) in [7, 11) is 0. The van der Waals surface area contributed by atoms with Crippen molar-refractivity contribution in [1.29, 1.82) is 0 Å². The van der Waals surface area contributed by atoms with E-state index in [2.05, 4.69) is 24.4 Å². The summed E-state index contributed by atoms with van der Waals surface area (Å²) in [6.45, 7) is 4.63. The number of halogens is 1. The molecule has 0 aliphatic heterocycles. The molecule has 0 amide bonds. The summed E-state index contributed by atoms with van der Waals surface area (Å²) in [5.41, 5.74) is 1.96. The van der Waals surface area contributed by atoms with Crippen molar-refractivity contribution in [3.05, 3.63) is 65.7 Å². The van der Waals surface area contributed by atoms with Crippen LogP contribution in [0, 0.1) is 0 Å². The van der Waals surface area contributed by atoms with Crippen LogP contribution in [0.1, 0.15) is 36.2 Å². The summed E-state index contributed by atoms with van der Waals surface area (Å²) in [6.07, 6.45) is 0.822. The van der Waals surface area contributed by atoms with Crippen molar-refractivity contribution < 1.29 is 14.6 Å². The lowest BCUT2D eigenvalue weighted by atomic mass is 10.1. The highest BCUT2D eigenvalue weighted by Gasteiger charge is 2.09. The molecule has 2 atom stereocenters. The van der Waals surface area contributed by atoms with E-state index in [1.165, 1.54) is 5.56 Å². The van der Waals surface area contributed by atoms with Crippen molar-refractivity contribution in [3.8, 4) is 5.75 Å². The molecule has 5 heteroatoms. The molecule has 2 rings (SSSR count). The van der Waals surface area contributed by atoms with Crippen LogP contribution in [0.3, 0.4) is 0 Å². The van der Waals surface area contributed by atoms with E-state index in [4.69, 9.17) is 4.74 Å². The second kappa shape index (κ2) is 11.7. The first-order valence-electron chi connectivity index (χ1n) is 8.80. The number of ketones is 1. The number of hydrogen-bond donors (Lipinski definition) is 2. The molecule has 0 radical (unpaired) electrons. The third kappa shape index (κ3) is 7.56. The number of carbonyl (C=O) groups excluding carboxylic acids is 1. The maximum atomic E-state index is 11.6. The summed E-state index contributed by atoms with van der Waals surface area (Å²) in [4.78, 5) is 11.6. The Morgan fingerprint density at radius 3 is 2.38 bits per heavy atom. The Morgan fingerprint density at radius 2 is 1.77 bits per heavy atom. The molecular weight excluding hydrogens is 350 g/mol. The average Bonchev–Trinajstić information content (AvgIpc) is 2.65. The van der Waals surface area contributed by atoms with Gasteiger partial charge in [-0.2, -0.15) is 0 Å². The fourth-order valence-corrected chi connectivity index (χ4v) is 2.57. The Balaban J connectivity index is 0.00000338. The molecule has 26 heavy (non-hydrogen) atoms. The number of benzene rings is 2. The summed E-state index contributed by atoms with van der Waals surface area (Å²) < 4.78 is 5.59. The second-order valence-corrected chi connectivity index (χ2v) is 6.26. The van der Waals surface area contributed by atoms with Gasteiger partial charge in [0.25, 0.3) is 0 Å². The van der Waals surface area contributed by atoms with Gasteiger partial charge in [0.2, 0.25) is 0 Å². The standard InChI is InChI=1S/C21H27NO3.ClH/c1-3-21(24)18-9-11-20(12-10-18)25-15-19(23)14-22-16(2)13-17-7-5-4-6-8-17;/h4-12,16,19,22-23H,3,13-15H2,1-2H3;1H. The van der Waals surface area contributed by atoms with E-state index in [1.54, 1.807) is 24.3 Å². The van der Waals surface area contributed by atoms with Gasteiger partial charge in [0.05, 0.1) is 0 Å². The topological polar surface area (TPSA) is 58.6 Å². The minimum atomic E-state index is -0.588. The van der Waals surface area contributed by atoms with Gasteiger partial charge in [-0.1, -0.05) is 37.3 Å². The highest BCUT2D eigenvalue weighted by atomic mass is 35.5. The van der Waals surface area contributed by atoms with Crippen LogP contribution < -0.4 is 10.1 Å². The fourth-order valence-electron chi connectivity index (χ4n) is 2.57. The summed E-state index contributed by atoms with van der Waals surface area (Å²) >= 11 is 0. The molecule has 0 saturated carbocycles. The average molecular weight is 378 g/mol. The minimum absolute atomic E-state index is 0. The lowest BCUT2D eigenvalue weighted by molar-refractivity contribution is 0.0986. The van der Waals surface area contributed by atoms with E-state index >= 15 is 0 Å². The molecule has 0 heterocycles. The van der Waals surface area contributed by atoms with E-state index in [0.717, 1.165) is 6.42 Å². The molecule has 0 spiro atoms. The third-order valence-electron chi connectivity index (χ3n) is 4.03. The molecule has 0 bridgehead atoms. The number of aliphatic hydroxyl groups excluding tert-OH is 1. The maximum Gasteiger partial charge on any atom is 0.162 e. The Bertz CT molecular complexity index is 646. The second-order valence-electron chi connectivity index (χ2n) is 6.26. The smallest absolute Gasteiger partial charge is 0.162 e. The molecule has 0 fully saturated rings. The van der Waals surface area contributed by atoms with Crippen LogP contribution in [-0.2, 0) is 6.42 Å². The van der Waals surface area contributed by atoms with Crippen LogP contribution in [0.5, 0.6) is 5.75 Å². The molecule has 4 nitrogen and oxygen atoms in total. The SMILES string of the molecule is CCC(=O)c1ccc(OCC(O)CNC(C)Cc2ccccc2)cc1.Cl. The van der Waals surface area contributed by atoms with Crippen molar-refractivity contribution in [2.75, 3.05) is 13.2 Å². The molecule has 142 valence electrons. The van der Waals surface area contributed by atoms with Gasteiger partial charge < -0.3 is 15.2 Å². The highest BCUT2D eigenvalue weighted by molar-refractivity contribution is 5.95. The predicted molar refractivity (Wildman–Crippen MR) is 107 cm³/mol. The van der Waals surface area contributed by atoms with Gasteiger partial charge in [-0.3, -0.25) is 4.79 Å². The van der Waals surface area contributed by atoms with Gasteiger partial charge in [0.1, 0.15) is 18.5 Å². The van der Waals surface area contributed by atoms with E-state index in [9.17, 15) is 9.90 Å². The van der Waals surface area contributed by atoms with Crippen LogP contribution in [0.2, 0.25) is 0 Å². The number of ether oxygens (including phenoxy) is 1. The summed E-state index contributed by atoms with van der Waals surface area (Å²) in [5, 5.41) is 13.4. The molecule has 0 saturated heterocycles. The van der Waals surface area contributed by atoms with Gasteiger partial charge in [-0.15, -0.1) is 12.4 Å². The largest absolute Gasteiger partial charge is 0.491 e. The van der Waals surface area contributed by atoms with Gasteiger partial charge in [0.15, 0.2) is 5.78 Å². The van der Waals surface area contributed by atoms with Crippen molar-refractivity contribution in [3.63, 3.8) is 0 Å². The molecule has 2 aromatic carbocycles. The molecule has 2 unspecified atom stereocenters. The fraction of sp³-hybridized carbons (Fsp3) is 0.381. The number of carbonyl (C=O) groups is 1. The minimum Gasteiger partial charge on any atom is -0.491 e. The zero-order valence-electron chi connectivity index (χ0n) is 15.4. The first-order chi connectivity index (χ1) is 12.1. The van der Waals surface area contributed by atoms with E-state index in [0.29, 0.717) is 24.3 Å². The summed E-state index contributed by atoms with van der Waals surface area (Å²) in [6, 6.07) is 17.6. The number of rotatable bonds is 10. The zero-order valence-corrected chi connectivity index (χ0v) is 16.2. The molecule has 0 aromatic heterocycles. The lowest BCUT2D eigenvalue weighted by Crippen LogP contribution is -2.37. The predicted octanol–water partition coefficient (Wildman–Crippen LogP) is 3.66. The van der Waals surface area contributed by atoms with Gasteiger partial charge in [0, 0.05) is 24.6 Å².